The van der Waals surface area contributed by atoms with E-state index in [4.69, 9.17) is 9.72 Å². The molecule has 11 heteroatoms. The molecule has 0 saturated carbocycles. The van der Waals surface area contributed by atoms with Crippen molar-refractivity contribution in [1.29, 1.82) is 0 Å². The van der Waals surface area contributed by atoms with Crippen LogP contribution in [0.1, 0.15) is 47.5 Å². The molecule has 4 aromatic rings. The van der Waals surface area contributed by atoms with E-state index >= 15 is 0 Å². The number of nitrogens with zero attached hydrogens (tertiary/aromatic N) is 4. The van der Waals surface area contributed by atoms with Crippen molar-refractivity contribution in [1.82, 2.24) is 19.7 Å². The standard InChI is InChI=1S/C26H30N6O3S2/c1-4-6-12-32-18-10-8-7-9-16(18)22-23(32)28-26(30-29-22)36-15-20(33)27-24-21(25(34)35-5-2)17-11-13-31(3)14-19(17)37-24/h7-10H,4-6,11-15H2,1-3H3,(H,27,33)/p+1. The highest BCUT2D eigenvalue weighted by molar-refractivity contribution is 7.99. The number of fused-ring (bicyclic) bond motifs is 4. The van der Waals surface area contributed by atoms with Crippen LogP contribution < -0.4 is 10.2 Å². The minimum atomic E-state index is -0.375. The third kappa shape index (κ3) is 5.21. The number of para-hydroxylation sites is 1. The molecule has 0 aliphatic carbocycles. The second-order valence-corrected chi connectivity index (χ2v) is 11.2. The SMILES string of the molecule is CCCCn1c2ccccc2c2nnc(SCC(=O)Nc3sc4c(c3C(=O)OCC)CC[NH+](C)C4)nc21. The first kappa shape index (κ1) is 25.6. The number of thiophene rings is 1. The number of anilines is 1. The molecule has 194 valence electrons. The Balaban J connectivity index is 1.35. The number of rotatable bonds is 9. The summed E-state index contributed by atoms with van der Waals surface area (Å²) in [6.07, 6.45) is 2.90. The monoisotopic (exact) mass is 539 g/mol. The number of carbonyl (C=O) groups is 2. The third-order valence-corrected chi connectivity index (χ3v) is 8.49. The lowest BCUT2D eigenvalue weighted by molar-refractivity contribution is -0.895. The second kappa shape index (κ2) is 11.2. The Morgan fingerprint density at radius 1 is 1.24 bits per heavy atom. The first-order valence-corrected chi connectivity index (χ1v) is 14.5. The summed E-state index contributed by atoms with van der Waals surface area (Å²) >= 11 is 2.71. The lowest BCUT2D eigenvalue weighted by Crippen LogP contribution is -3.08. The first-order chi connectivity index (χ1) is 18.0. The van der Waals surface area contributed by atoms with Crippen LogP contribution in [0.2, 0.25) is 0 Å². The number of hydrogen-bond donors (Lipinski definition) is 2. The van der Waals surface area contributed by atoms with Crippen LogP contribution in [0.4, 0.5) is 5.00 Å². The average molecular weight is 540 g/mol. The molecule has 1 aromatic carbocycles. The Morgan fingerprint density at radius 3 is 2.89 bits per heavy atom. The van der Waals surface area contributed by atoms with Crippen LogP contribution >= 0.6 is 23.1 Å². The first-order valence-electron chi connectivity index (χ1n) is 12.7. The van der Waals surface area contributed by atoms with Gasteiger partial charge in [-0.2, -0.15) is 0 Å². The molecule has 1 unspecified atom stereocenters. The molecule has 1 aliphatic rings. The molecular formula is C26H31N6O3S2+. The number of hydrogen-bond acceptors (Lipinski definition) is 8. The number of unbranched alkanes of at least 4 members (excludes halogenated alkanes) is 1. The Bertz CT molecular complexity index is 1460. The van der Waals surface area contributed by atoms with Crippen molar-refractivity contribution in [3.8, 4) is 0 Å². The normalized spacial score (nSPS) is 15.2. The molecule has 4 heterocycles. The van der Waals surface area contributed by atoms with Gasteiger partial charge in [-0.05, 0) is 25.0 Å². The molecule has 0 fully saturated rings. The number of aryl methyl sites for hydroxylation is 1. The summed E-state index contributed by atoms with van der Waals surface area (Å²) in [5, 5.41) is 13.8. The molecule has 0 radical (unpaired) electrons. The van der Waals surface area contributed by atoms with Crippen molar-refractivity contribution >= 4 is 62.0 Å². The Morgan fingerprint density at radius 2 is 2.08 bits per heavy atom. The minimum Gasteiger partial charge on any atom is -0.462 e. The van der Waals surface area contributed by atoms with E-state index < -0.39 is 0 Å². The maximum atomic E-state index is 12.9. The number of esters is 1. The van der Waals surface area contributed by atoms with E-state index in [9.17, 15) is 9.59 Å². The van der Waals surface area contributed by atoms with Gasteiger partial charge < -0.3 is 19.5 Å². The molecule has 0 bridgehead atoms. The number of benzene rings is 1. The van der Waals surface area contributed by atoms with Gasteiger partial charge in [0.15, 0.2) is 5.65 Å². The van der Waals surface area contributed by atoms with E-state index in [1.807, 2.05) is 18.2 Å². The van der Waals surface area contributed by atoms with E-state index in [0.717, 1.165) is 71.4 Å². The van der Waals surface area contributed by atoms with Gasteiger partial charge >= 0.3 is 5.97 Å². The zero-order valence-corrected chi connectivity index (χ0v) is 22.9. The van der Waals surface area contributed by atoms with Crippen LogP contribution in [-0.2, 0) is 29.0 Å². The summed E-state index contributed by atoms with van der Waals surface area (Å²) in [7, 11) is 2.13. The number of quaternary nitrogens is 1. The van der Waals surface area contributed by atoms with Crippen LogP contribution in [0.25, 0.3) is 22.1 Å². The van der Waals surface area contributed by atoms with Crippen molar-refractivity contribution in [3.05, 3.63) is 40.3 Å². The van der Waals surface area contributed by atoms with E-state index in [1.165, 1.54) is 28.0 Å². The Hall–Kier alpha value is -3.02. The predicted molar refractivity (Wildman–Crippen MR) is 147 cm³/mol. The van der Waals surface area contributed by atoms with Gasteiger partial charge in [-0.25, -0.2) is 9.78 Å². The fraction of sp³-hybridized carbons (Fsp3) is 0.423. The average Bonchev–Trinajstić information content (AvgIpc) is 3.40. The zero-order chi connectivity index (χ0) is 25.9. The maximum absolute atomic E-state index is 12.9. The van der Waals surface area contributed by atoms with Gasteiger partial charge in [-0.3, -0.25) is 4.79 Å². The summed E-state index contributed by atoms with van der Waals surface area (Å²) in [5.74, 6) is -0.483. The van der Waals surface area contributed by atoms with Crippen molar-refractivity contribution in [3.63, 3.8) is 0 Å². The predicted octanol–water partition coefficient (Wildman–Crippen LogP) is 3.32. The van der Waals surface area contributed by atoms with Crippen LogP contribution in [0, 0.1) is 0 Å². The summed E-state index contributed by atoms with van der Waals surface area (Å²) in [6.45, 7) is 6.87. The van der Waals surface area contributed by atoms with Gasteiger partial charge in [-0.15, -0.1) is 21.5 Å². The summed E-state index contributed by atoms with van der Waals surface area (Å²) in [4.78, 5) is 33.0. The molecule has 2 N–H and O–H groups in total. The summed E-state index contributed by atoms with van der Waals surface area (Å²) in [5.41, 5.74) is 4.17. The molecule has 37 heavy (non-hydrogen) atoms. The molecule has 5 rings (SSSR count). The number of likely N-dealkylation sites (N-methyl/N-ethyl adjacent to an activating group) is 1. The smallest absolute Gasteiger partial charge is 0.341 e. The quantitative estimate of drug-likeness (QED) is 0.248. The lowest BCUT2D eigenvalue weighted by atomic mass is 10.0. The van der Waals surface area contributed by atoms with Crippen LogP contribution in [0.5, 0.6) is 0 Å². The maximum Gasteiger partial charge on any atom is 0.341 e. The van der Waals surface area contributed by atoms with Crippen molar-refractivity contribution < 1.29 is 19.2 Å². The molecule has 1 aliphatic heterocycles. The second-order valence-electron chi connectivity index (χ2n) is 9.19. The molecule has 9 nitrogen and oxygen atoms in total. The number of thioether (sulfide) groups is 1. The number of nitrogens with one attached hydrogen (secondary N) is 2. The number of ether oxygens (including phenoxy) is 1. The number of amides is 1. The molecular weight excluding hydrogens is 508 g/mol. The lowest BCUT2D eigenvalue weighted by Gasteiger charge is -2.19. The minimum absolute atomic E-state index is 0.109. The highest BCUT2D eigenvalue weighted by Gasteiger charge is 2.30. The van der Waals surface area contributed by atoms with Crippen LogP contribution in [0.3, 0.4) is 0 Å². The van der Waals surface area contributed by atoms with Crippen LogP contribution in [0.15, 0.2) is 29.4 Å². The number of aromatic nitrogens is 4. The Kier molecular flexibility index (Phi) is 7.73. The van der Waals surface area contributed by atoms with Gasteiger partial charge in [0.1, 0.15) is 17.1 Å². The molecule has 1 amide bonds. The van der Waals surface area contributed by atoms with Crippen molar-refractivity contribution in [2.24, 2.45) is 0 Å². The zero-order valence-electron chi connectivity index (χ0n) is 21.3. The van der Waals surface area contributed by atoms with Gasteiger partial charge in [0.05, 0.1) is 41.9 Å². The molecule has 0 spiro atoms. The van der Waals surface area contributed by atoms with E-state index in [1.54, 1.807) is 6.92 Å². The molecule has 1 atom stereocenters. The Labute approximate surface area is 223 Å². The highest BCUT2D eigenvalue weighted by Crippen LogP contribution is 2.35. The van der Waals surface area contributed by atoms with Gasteiger partial charge in [-0.1, -0.05) is 43.3 Å². The van der Waals surface area contributed by atoms with E-state index in [-0.39, 0.29) is 17.6 Å². The largest absolute Gasteiger partial charge is 0.462 e. The van der Waals surface area contributed by atoms with E-state index in [2.05, 4.69) is 40.1 Å². The van der Waals surface area contributed by atoms with E-state index in [0.29, 0.717) is 22.3 Å². The van der Waals surface area contributed by atoms with Gasteiger partial charge in [0.25, 0.3) is 0 Å². The number of carbonyl (C=O) groups excluding carboxylic acids is 2. The molecule has 3 aromatic heterocycles. The van der Waals surface area contributed by atoms with Crippen molar-refractivity contribution in [2.75, 3.05) is 31.3 Å². The van der Waals surface area contributed by atoms with Crippen LogP contribution in [-0.4, -0.2) is 57.6 Å². The highest BCUT2D eigenvalue weighted by atomic mass is 32.2. The molecule has 0 saturated heterocycles. The third-order valence-electron chi connectivity index (χ3n) is 6.51. The van der Waals surface area contributed by atoms with Gasteiger partial charge in [0, 0.05) is 18.4 Å². The summed E-state index contributed by atoms with van der Waals surface area (Å²) < 4.78 is 7.50. The topological polar surface area (TPSA) is 103 Å². The fourth-order valence-electron chi connectivity index (χ4n) is 4.71. The van der Waals surface area contributed by atoms with Crippen molar-refractivity contribution in [2.45, 2.75) is 51.4 Å². The summed E-state index contributed by atoms with van der Waals surface area (Å²) in [6, 6.07) is 8.13. The fourth-order valence-corrected chi connectivity index (χ4v) is 6.66. The van der Waals surface area contributed by atoms with Gasteiger partial charge in [0.2, 0.25) is 11.1 Å².